The molecule has 0 aliphatic carbocycles. The number of likely N-dealkylation sites (tertiary alicyclic amines) is 1. The lowest BCUT2D eigenvalue weighted by molar-refractivity contribution is -0.133. The summed E-state index contributed by atoms with van der Waals surface area (Å²) in [5.41, 5.74) is 4.19. The van der Waals surface area contributed by atoms with E-state index in [1.165, 1.54) is 9.80 Å². The fourth-order valence-electron chi connectivity index (χ4n) is 5.38. The Bertz CT molecular complexity index is 1370. The first-order chi connectivity index (χ1) is 19.3. The van der Waals surface area contributed by atoms with Crippen LogP contribution in [0.1, 0.15) is 34.8 Å². The number of ether oxygens (including phenoxy) is 1. The van der Waals surface area contributed by atoms with Gasteiger partial charge in [0.2, 0.25) is 5.91 Å². The first-order valence-corrected chi connectivity index (χ1v) is 13.7. The molecule has 8 nitrogen and oxygen atoms in total. The van der Waals surface area contributed by atoms with Gasteiger partial charge < -0.3 is 19.4 Å². The zero-order valence-electron chi connectivity index (χ0n) is 23.4. The Morgan fingerprint density at radius 2 is 1.57 bits per heavy atom. The van der Waals surface area contributed by atoms with Crippen LogP contribution in [-0.2, 0) is 9.59 Å². The highest BCUT2D eigenvalue weighted by molar-refractivity contribution is 6.04. The van der Waals surface area contributed by atoms with E-state index in [1.807, 2.05) is 25.2 Å². The van der Waals surface area contributed by atoms with Crippen molar-refractivity contribution in [3.63, 3.8) is 0 Å². The quantitative estimate of drug-likeness (QED) is 0.431. The van der Waals surface area contributed by atoms with Crippen molar-refractivity contribution < 1.29 is 19.1 Å². The van der Waals surface area contributed by atoms with Crippen LogP contribution in [0.4, 0.5) is 5.69 Å². The normalized spacial score (nSPS) is 15.8. The molecule has 1 saturated heterocycles. The van der Waals surface area contributed by atoms with Crippen LogP contribution in [0.15, 0.2) is 72.8 Å². The molecular formula is C32H36N4O4. The van der Waals surface area contributed by atoms with Crippen molar-refractivity contribution in [2.75, 3.05) is 58.8 Å². The molecule has 3 aromatic carbocycles. The second-order valence-corrected chi connectivity index (χ2v) is 10.7. The molecule has 208 valence electrons. The monoisotopic (exact) mass is 540 g/mol. The average Bonchev–Trinajstić information content (AvgIpc) is 3.50. The first kappa shape index (κ1) is 27.4. The van der Waals surface area contributed by atoms with E-state index in [0.29, 0.717) is 17.0 Å². The van der Waals surface area contributed by atoms with Crippen molar-refractivity contribution in [2.45, 2.75) is 18.9 Å². The third-order valence-electron chi connectivity index (χ3n) is 7.74. The summed E-state index contributed by atoms with van der Waals surface area (Å²) in [5, 5.41) is 0. The second-order valence-electron chi connectivity index (χ2n) is 10.7. The summed E-state index contributed by atoms with van der Waals surface area (Å²) in [6.45, 7) is 2.46. The lowest BCUT2D eigenvalue weighted by atomic mass is 9.99. The lowest BCUT2D eigenvalue weighted by Crippen LogP contribution is -2.47. The molecule has 3 amide bonds. The van der Waals surface area contributed by atoms with Crippen LogP contribution in [0.25, 0.3) is 11.1 Å². The number of hydrogen-bond donors (Lipinski definition) is 0. The highest BCUT2D eigenvalue weighted by Crippen LogP contribution is 2.34. The van der Waals surface area contributed by atoms with Gasteiger partial charge in [0, 0.05) is 33.3 Å². The summed E-state index contributed by atoms with van der Waals surface area (Å²) < 4.78 is 5.61. The fraction of sp³-hybridized carbons (Fsp3) is 0.344. The molecule has 1 unspecified atom stereocenters. The minimum absolute atomic E-state index is 0.135. The highest BCUT2D eigenvalue weighted by atomic mass is 16.5. The largest absolute Gasteiger partial charge is 0.482 e. The van der Waals surface area contributed by atoms with E-state index >= 15 is 0 Å². The Labute approximate surface area is 235 Å². The Morgan fingerprint density at radius 3 is 2.25 bits per heavy atom. The highest BCUT2D eigenvalue weighted by Gasteiger charge is 2.32. The number of rotatable bonds is 8. The van der Waals surface area contributed by atoms with Crippen molar-refractivity contribution >= 4 is 23.4 Å². The van der Waals surface area contributed by atoms with Gasteiger partial charge in [0.15, 0.2) is 6.61 Å². The molecule has 0 N–H and O–H groups in total. The molecular weight excluding hydrogens is 504 g/mol. The van der Waals surface area contributed by atoms with Crippen molar-refractivity contribution in [2.24, 2.45) is 0 Å². The number of carbonyl (C=O) groups excluding carboxylic acids is 3. The van der Waals surface area contributed by atoms with Gasteiger partial charge in [-0.1, -0.05) is 54.6 Å². The average molecular weight is 541 g/mol. The van der Waals surface area contributed by atoms with Crippen molar-refractivity contribution in [3.05, 3.63) is 83.9 Å². The van der Waals surface area contributed by atoms with Gasteiger partial charge in [-0.05, 0) is 60.8 Å². The summed E-state index contributed by atoms with van der Waals surface area (Å²) in [6, 6.07) is 23.4. The Hall–Kier alpha value is -4.17. The number of anilines is 1. The molecule has 1 fully saturated rings. The number of fused-ring (bicyclic) bond motifs is 1. The predicted octanol–water partition coefficient (Wildman–Crippen LogP) is 4.08. The molecule has 2 aliphatic rings. The number of benzene rings is 3. The van der Waals surface area contributed by atoms with Crippen molar-refractivity contribution in [3.8, 4) is 16.9 Å². The van der Waals surface area contributed by atoms with Gasteiger partial charge in [-0.25, -0.2) is 0 Å². The van der Waals surface area contributed by atoms with Gasteiger partial charge in [-0.2, -0.15) is 0 Å². The van der Waals surface area contributed by atoms with Crippen LogP contribution in [0.5, 0.6) is 5.75 Å². The minimum Gasteiger partial charge on any atom is -0.482 e. The van der Waals surface area contributed by atoms with Gasteiger partial charge >= 0.3 is 0 Å². The van der Waals surface area contributed by atoms with Crippen LogP contribution in [0, 0.1) is 0 Å². The van der Waals surface area contributed by atoms with E-state index in [9.17, 15) is 14.4 Å². The van der Waals surface area contributed by atoms with Crippen LogP contribution in [0.3, 0.4) is 0 Å². The molecule has 8 heteroatoms. The topological polar surface area (TPSA) is 73.4 Å². The first-order valence-electron chi connectivity index (χ1n) is 13.7. The van der Waals surface area contributed by atoms with E-state index in [0.717, 1.165) is 49.2 Å². The second kappa shape index (κ2) is 11.9. The third-order valence-corrected chi connectivity index (χ3v) is 7.74. The minimum atomic E-state index is -0.313. The maximum Gasteiger partial charge on any atom is 0.265 e. The summed E-state index contributed by atoms with van der Waals surface area (Å²) in [7, 11) is 5.16. The number of amides is 3. The van der Waals surface area contributed by atoms with Gasteiger partial charge in [0.1, 0.15) is 12.3 Å². The van der Waals surface area contributed by atoms with E-state index in [1.54, 1.807) is 37.2 Å². The molecule has 0 bridgehead atoms. The Morgan fingerprint density at radius 1 is 0.900 bits per heavy atom. The molecule has 5 rings (SSSR count). The molecule has 0 saturated carbocycles. The Kier molecular flexibility index (Phi) is 8.16. The molecule has 0 spiro atoms. The lowest BCUT2D eigenvalue weighted by Gasteiger charge is -2.35. The number of nitrogens with zero attached hydrogens (tertiary/aromatic N) is 4. The van der Waals surface area contributed by atoms with Gasteiger partial charge in [0.05, 0.1) is 11.7 Å². The van der Waals surface area contributed by atoms with Gasteiger partial charge in [0.25, 0.3) is 11.8 Å². The molecule has 1 atom stereocenters. The van der Waals surface area contributed by atoms with E-state index in [4.69, 9.17) is 4.74 Å². The van der Waals surface area contributed by atoms with Gasteiger partial charge in [-0.3, -0.25) is 19.3 Å². The summed E-state index contributed by atoms with van der Waals surface area (Å²) in [6.07, 6.45) is 2.31. The van der Waals surface area contributed by atoms with Crippen LogP contribution in [0.2, 0.25) is 0 Å². The maximum atomic E-state index is 13.8. The SMILES string of the molecule is CN(C)C(=O)c1ccc2c(c1)N(CC(=O)N(C)C(CN1CCCC1)c1ccc(-c3ccccc3)cc1)C(=O)CO2. The molecule has 40 heavy (non-hydrogen) atoms. The number of hydrogen-bond acceptors (Lipinski definition) is 5. The standard InChI is InChI=1S/C32H36N4O4/c1-33(2)32(39)26-15-16-29-27(19-26)36(31(38)22-40-29)21-30(37)34(3)28(20-35-17-7-8-18-35)25-13-11-24(12-14-25)23-9-5-4-6-10-23/h4-6,9-16,19,28H,7-8,17-18,20-22H2,1-3H3. The van der Waals surface area contributed by atoms with Crippen LogP contribution < -0.4 is 9.64 Å². The Balaban J connectivity index is 1.39. The fourth-order valence-corrected chi connectivity index (χ4v) is 5.38. The summed E-state index contributed by atoms with van der Waals surface area (Å²) >= 11 is 0. The van der Waals surface area contributed by atoms with Crippen molar-refractivity contribution in [1.82, 2.24) is 14.7 Å². The smallest absolute Gasteiger partial charge is 0.265 e. The zero-order valence-corrected chi connectivity index (χ0v) is 23.4. The molecule has 2 heterocycles. The van der Waals surface area contributed by atoms with E-state index in [-0.39, 0.29) is 36.9 Å². The number of carbonyl (C=O) groups is 3. The zero-order chi connectivity index (χ0) is 28.2. The molecule has 2 aliphatic heterocycles. The van der Waals surface area contributed by atoms with Crippen molar-refractivity contribution in [1.29, 1.82) is 0 Å². The molecule has 3 aromatic rings. The summed E-state index contributed by atoms with van der Waals surface area (Å²) in [4.78, 5) is 46.4. The van der Waals surface area contributed by atoms with E-state index < -0.39 is 0 Å². The maximum absolute atomic E-state index is 13.8. The number of likely N-dealkylation sites (N-methyl/N-ethyl adjacent to an activating group) is 1. The predicted molar refractivity (Wildman–Crippen MR) is 155 cm³/mol. The summed E-state index contributed by atoms with van der Waals surface area (Å²) in [5.74, 6) is -0.196. The van der Waals surface area contributed by atoms with E-state index in [2.05, 4.69) is 41.3 Å². The van der Waals surface area contributed by atoms with Gasteiger partial charge in [-0.15, -0.1) is 0 Å². The third kappa shape index (κ3) is 5.87. The molecule has 0 aromatic heterocycles. The molecule has 0 radical (unpaired) electrons. The van der Waals surface area contributed by atoms with Crippen LogP contribution in [-0.4, -0.2) is 86.4 Å². The van der Waals surface area contributed by atoms with Crippen LogP contribution >= 0.6 is 0 Å².